The third-order valence-electron chi connectivity index (χ3n) is 5.32. The summed E-state index contributed by atoms with van der Waals surface area (Å²) in [6.45, 7) is 0. The molecule has 1 aliphatic carbocycles. The molecule has 3 aromatic carbocycles. The van der Waals surface area contributed by atoms with Crippen LogP contribution < -0.4 is 11.1 Å². The Labute approximate surface area is 172 Å². The smallest absolute Gasteiger partial charge is 0.269 e. The summed E-state index contributed by atoms with van der Waals surface area (Å²) in [6.07, 6.45) is -0.0958. The van der Waals surface area contributed by atoms with E-state index in [1.165, 1.54) is 18.2 Å². The normalized spacial score (nSPS) is 13.2. The molecule has 7 nitrogen and oxygen atoms in total. The minimum atomic E-state index is -0.944. The van der Waals surface area contributed by atoms with Gasteiger partial charge in [0, 0.05) is 18.1 Å². The molecule has 0 saturated carbocycles. The molecule has 3 N–H and O–H groups in total. The van der Waals surface area contributed by atoms with Crippen LogP contribution in [-0.4, -0.2) is 22.8 Å². The van der Waals surface area contributed by atoms with Gasteiger partial charge in [-0.15, -0.1) is 0 Å². The molecule has 0 aliphatic heterocycles. The molecule has 2 amide bonds. The van der Waals surface area contributed by atoms with Crippen molar-refractivity contribution in [1.82, 2.24) is 5.32 Å². The molecule has 7 heteroatoms. The van der Waals surface area contributed by atoms with Gasteiger partial charge in [0.1, 0.15) is 6.04 Å². The van der Waals surface area contributed by atoms with Crippen molar-refractivity contribution in [3.8, 4) is 11.1 Å². The molecule has 0 unspecified atom stereocenters. The second-order valence-electron chi connectivity index (χ2n) is 7.20. The van der Waals surface area contributed by atoms with Crippen LogP contribution in [-0.2, 0) is 16.0 Å². The summed E-state index contributed by atoms with van der Waals surface area (Å²) in [6, 6.07) is 20.4. The first kappa shape index (κ1) is 19.3. The first-order valence-corrected chi connectivity index (χ1v) is 9.46. The van der Waals surface area contributed by atoms with Gasteiger partial charge in [-0.3, -0.25) is 19.7 Å². The lowest BCUT2D eigenvalue weighted by Crippen LogP contribution is -2.48. The van der Waals surface area contributed by atoms with Crippen molar-refractivity contribution in [2.75, 3.05) is 0 Å². The summed E-state index contributed by atoms with van der Waals surface area (Å²) in [7, 11) is 0. The van der Waals surface area contributed by atoms with Crippen molar-refractivity contribution in [2.24, 2.45) is 5.73 Å². The van der Waals surface area contributed by atoms with Gasteiger partial charge in [-0.2, -0.15) is 0 Å². The van der Waals surface area contributed by atoms with Gasteiger partial charge < -0.3 is 11.1 Å². The SMILES string of the molecule is NC(=O)[C@@H](NC(=O)Cc1cccc([N+](=O)[O-])c1)C1c2ccccc2-c2ccccc21. The van der Waals surface area contributed by atoms with E-state index in [4.69, 9.17) is 5.73 Å². The van der Waals surface area contributed by atoms with E-state index in [0.717, 1.165) is 22.3 Å². The molecule has 0 fully saturated rings. The van der Waals surface area contributed by atoms with Crippen LogP contribution in [0.1, 0.15) is 22.6 Å². The molecule has 0 radical (unpaired) electrons. The van der Waals surface area contributed by atoms with E-state index in [1.54, 1.807) is 6.07 Å². The number of nitrogens with one attached hydrogen (secondary N) is 1. The fourth-order valence-electron chi connectivity index (χ4n) is 4.06. The highest BCUT2D eigenvalue weighted by Gasteiger charge is 2.37. The van der Waals surface area contributed by atoms with E-state index in [9.17, 15) is 19.7 Å². The monoisotopic (exact) mass is 401 g/mol. The second-order valence-corrected chi connectivity index (χ2v) is 7.20. The van der Waals surface area contributed by atoms with E-state index < -0.39 is 28.7 Å². The van der Waals surface area contributed by atoms with E-state index in [2.05, 4.69) is 5.32 Å². The molecule has 0 saturated heterocycles. The number of nitro groups is 1. The van der Waals surface area contributed by atoms with Crippen molar-refractivity contribution in [3.63, 3.8) is 0 Å². The Morgan fingerprint density at radius 1 is 0.967 bits per heavy atom. The number of amides is 2. The van der Waals surface area contributed by atoms with Crippen molar-refractivity contribution >= 4 is 17.5 Å². The highest BCUT2D eigenvalue weighted by atomic mass is 16.6. The van der Waals surface area contributed by atoms with Gasteiger partial charge in [-0.1, -0.05) is 60.7 Å². The number of nitro benzene ring substituents is 1. The average Bonchev–Trinajstić information content (AvgIpc) is 3.06. The van der Waals surface area contributed by atoms with E-state index in [-0.39, 0.29) is 12.1 Å². The number of hydrogen-bond acceptors (Lipinski definition) is 4. The number of nitrogens with two attached hydrogens (primary N) is 1. The molecule has 4 rings (SSSR count). The third kappa shape index (κ3) is 3.53. The molecule has 150 valence electrons. The van der Waals surface area contributed by atoms with E-state index in [0.29, 0.717) is 5.56 Å². The van der Waals surface area contributed by atoms with Gasteiger partial charge in [0.25, 0.3) is 5.69 Å². The zero-order valence-electron chi connectivity index (χ0n) is 15.9. The third-order valence-corrected chi connectivity index (χ3v) is 5.32. The fourth-order valence-corrected chi connectivity index (χ4v) is 4.06. The Morgan fingerprint density at radius 3 is 2.13 bits per heavy atom. The summed E-state index contributed by atoms with van der Waals surface area (Å²) in [4.78, 5) is 35.5. The predicted molar refractivity (Wildman–Crippen MR) is 112 cm³/mol. The number of rotatable bonds is 6. The van der Waals surface area contributed by atoms with Crippen LogP contribution in [0.15, 0.2) is 72.8 Å². The molecule has 0 bridgehead atoms. The van der Waals surface area contributed by atoms with Crippen molar-refractivity contribution in [3.05, 3.63) is 99.6 Å². The van der Waals surface area contributed by atoms with Crippen LogP contribution in [0.2, 0.25) is 0 Å². The van der Waals surface area contributed by atoms with Crippen molar-refractivity contribution < 1.29 is 14.5 Å². The maximum Gasteiger partial charge on any atom is 0.269 e. The quantitative estimate of drug-likeness (QED) is 0.488. The Kier molecular flexibility index (Phi) is 5.02. The molecule has 0 heterocycles. The highest BCUT2D eigenvalue weighted by molar-refractivity contribution is 5.91. The van der Waals surface area contributed by atoms with Gasteiger partial charge in [0.15, 0.2) is 0 Å². The number of primary amides is 1. The Balaban J connectivity index is 1.62. The lowest BCUT2D eigenvalue weighted by atomic mass is 9.88. The lowest BCUT2D eigenvalue weighted by molar-refractivity contribution is -0.384. The number of hydrogen-bond donors (Lipinski definition) is 2. The summed E-state index contributed by atoms with van der Waals surface area (Å²) < 4.78 is 0. The maximum atomic E-state index is 12.7. The van der Waals surface area contributed by atoms with Crippen LogP contribution in [0.4, 0.5) is 5.69 Å². The first-order valence-electron chi connectivity index (χ1n) is 9.46. The van der Waals surface area contributed by atoms with Gasteiger partial charge in [-0.25, -0.2) is 0 Å². The Bertz CT molecular complexity index is 1110. The number of carbonyl (C=O) groups is 2. The number of carbonyl (C=O) groups excluding carboxylic acids is 2. The van der Waals surface area contributed by atoms with Crippen LogP contribution in [0.25, 0.3) is 11.1 Å². The Hall–Kier alpha value is -4.00. The molecule has 0 spiro atoms. The van der Waals surface area contributed by atoms with Gasteiger partial charge in [0.05, 0.1) is 11.3 Å². The largest absolute Gasteiger partial charge is 0.368 e. The van der Waals surface area contributed by atoms with Gasteiger partial charge in [0.2, 0.25) is 11.8 Å². The molecular weight excluding hydrogens is 382 g/mol. The molecule has 30 heavy (non-hydrogen) atoms. The standard InChI is InChI=1S/C23H19N3O4/c24-23(28)22(25-20(27)13-14-6-5-7-15(12-14)26(29)30)21-18-10-3-1-8-16(18)17-9-2-4-11-19(17)21/h1-12,21-22H,13H2,(H2,24,28)(H,25,27)/t22-/m0/s1. The Morgan fingerprint density at radius 2 is 1.57 bits per heavy atom. The zero-order valence-corrected chi connectivity index (χ0v) is 15.9. The second kappa shape index (κ2) is 7.79. The van der Waals surface area contributed by atoms with Crippen LogP contribution in [0.5, 0.6) is 0 Å². The molecule has 1 aliphatic rings. The van der Waals surface area contributed by atoms with Crippen LogP contribution in [0, 0.1) is 10.1 Å². The fraction of sp³-hybridized carbons (Fsp3) is 0.130. The van der Waals surface area contributed by atoms with Crippen molar-refractivity contribution in [1.29, 1.82) is 0 Å². The summed E-state index contributed by atoms with van der Waals surface area (Å²) in [5.74, 6) is -1.47. The number of nitrogens with zero attached hydrogens (tertiary/aromatic N) is 1. The molecular formula is C23H19N3O4. The summed E-state index contributed by atoms with van der Waals surface area (Å²) in [5, 5.41) is 13.7. The minimum Gasteiger partial charge on any atom is -0.368 e. The minimum absolute atomic E-state index is 0.0922. The number of benzene rings is 3. The van der Waals surface area contributed by atoms with E-state index in [1.807, 2.05) is 48.5 Å². The molecule has 1 atom stereocenters. The highest BCUT2D eigenvalue weighted by Crippen LogP contribution is 2.46. The number of fused-ring (bicyclic) bond motifs is 3. The lowest BCUT2D eigenvalue weighted by Gasteiger charge is -2.24. The summed E-state index contributed by atoms with van der Waals surface area (Å²) >= 11 is 0. The van der Waals surface area contributed by atoms with E-state index >= 15 is 0 Å². The summed E-state index contributed by atoms with van der Waals surface area (Å²) in [5.41, 5.74) is 9.97. The van der Waals surface area contributed by atoms with Crippen LogP contribution in [0.3, 0.4) is 0 Å². The van der Waals surface area contributed by atoms with Gasteiger partial charge >= 0.3 is 0 Å². The average molecular weight is 401 g/mol. The number of non-ortho nitro benzene ring substituents is 1. The molecule has 3 aromatic rings. The van der Waals surface area contributed by atoms with Crippen LogP contribution >= 0.6 is 0 Å². The molecule has 0 aromatic heterocycles. The first-order chi connectivity index (χ1) is 14.5. The van der Waals surface area contributed by atoms with Gasteiger partial charge in [-0.05, 0) is 27.8 Å². The topological polar surface area (TPSA) is 115 Å². The predicted octanol–water partition coefficient (Wildman–Crippen LogP) is 2.92. The van der Waals surface area contributed by atoms with Crippen molar-refractivity contribution in [2.45, 2.75) is 18.4 Å². The zero-order chi connectivity index (χ0) is 21.3. The maximum absolute atomic E-state index is 12.7.